The number of para-hydroxylation sites is 3. The van der Waals surface area contributed by atoms with E-state index < -0.39 is 0 Å². The number of rotatable bonds is 2. The minimum atomic E-state index is -0.0726. The third-order valence-electron chi connectivity index (χ3n) is 5.50. The number of carbonyl (C=O) groups is 1. The number of aromatic nitrogens is 3. The Balaban J connectivity index is 1.36. The van der Waals surface area contributed by atoms with Gasteiger partial charge in [0.05, 0.1) is 11.0 Å². The van der Waals surface area contributed by atoms with Crippen LogP contribution in [0.1, 0.15) is 29.4 Å². The van der Waals surface area contributed by atoms with Crippen LogP contribution in [0.15, 0.2) is 59.4 Å². The summed E-state index contributed by atoms with van der Waals surface area (Å²) < 4.78 is 1.85. The van der Waals surface area contributed by atoms with Gasteiger partial charge in [-0.3, -0.25) is 9.36 Å². The number of fused-ring (bicyclic) bond motifs is 2. The molecule has 0 unspecified atom stereocenters. The summed E-state index contributed by atoms with van der Waals surface area (Å²) >= 11 is 0. The second-order valence-corrected chi connectivity index (χ2v) is 7.11. The Morgan fingerprint density at radius 1 is 0.926 bits per heavy atom. The van der Waals surface area contributed by atoms with E-state index >= 15 is 0 Å². The topological polar surface area (TPSA) is 73.9 Å². The molecule has 0 saturated carbocycles. The van der Waals surface area contributed by atoms with Gasteiger partial charge in [0.1, 0.15) is 5.69 Å². The maximum absolute atomic E-state index is 12.9. The van der Waals surface area contributed by atoms with Crippen LogP contribution in [0.25, 0.3) is 21.9 Å². The number of aromatic amines is 2. The summed E-state index contributed by atoms with van der Waals surface area (Å²) in [7, 11) is 0. The highest BCUT2D eigenvalue weighted by Crippen LogP contribution is 2.26. The predicted octanol–water partition coefficient (Wildman–Crippen LogP) is 3.29. The summed E-state index contributed by atoms with van der Waals surface area (Å²) in [5.41, 5.74) is 3.32. The molecule has 0 atom stereocenters. The normalized spacial score (nSPS) is 15.6. The van der Waals surface area contributed by atoms with Gasteiger partial charge in [-0.15, -0.1) is 0 Å². The van der Waals surface area contributed by atoms with Gasteiger partial charge in [-0.1, -0.05) is 30.3 Å². The van der Waals surface area contributed by atoms with Crippen molar-refractivity contribution in [3.05, 3.63) is 70.8 Å². The van der Waals surface area contributed by atoms with Gasteiger partial charge in [0.15, 0.2) is 0 Å². The van der Waals surface area contributed by atoms with E-state index in [4.69, 9.17) is 0 Å². The monoisotopic (exact) mass is 360 g/mol. The molecular formula is C21H20N4O2. The first-order valence-corrected chi connectivity index (χ1v) is 9.27. The molecule has 1 saturated heterocycles. The van der Waals surface area contributed by atoms with Crippen LogP contribution >= 0.6 is 0 Å². The van der Waals surface area contributed by atoms with Crippen molar-refractivity contribution >= 4 is 27.8 Å². The van der Waals surface area contributed by atoms with Gasteiger partial charge in [-0.25, -0.2) is 4.79 Å². The van der Waals surface area contributed by atoms with Crippen molar-refractivity contribution < 1.29 is 4.79 Å². The zero-order valence-corrected chi connectivity index (χ0v) is 14.8. The van der Waals surface area contributed by atoms with Gasteiger partial charge in [0.2, 0.25) is 0 Å². The maximum atomic E-state index is 12.9. The zero-order chi connectivity index (χ0) is 18.4. The number of nitrogens with zero attached hydrogens (tertiary/aromatic N) is 2. The third-order valence-corrected chi connectivity index (χ3v) is 5.50. The largest absolute Gasteiger partial charge is 0.351 e. The fourth-order valence-electron chi connectivity index (χ4n) is 4.12. The van der Waals surface area contributed by atoms with E-state index in [1.807, 2.05) is 64.1 Å². The Bertz CT molecular complexity index is 1160. The molecule has 27 heavy (non-hydrogen) atoms. The Labute approximate surface area is 155 Å². The van der Waals surface area contributed by atoms with E-state index in [1.54, 1.807) is 0 Å². The number of H-pyrrole nitrogens is 2. The first-order valence-electron chi connectivity index (χ1n) is 9.27. The molecule has 5 rings (SSSR count). The standard InChI is InChI=1S/C21H20N4O2/c26-20(18-13-14-5-1-2-6-16(14)22-18)24-11-9-15(10-12-24)25-19-8-4-3-7-17(19)23-21(25)27/h1-8,13,15,22H,9-12H2,(H,23,27). The summed E-state index contributed by atoms with van der Waals surface area (Å²) in [4.78, 5) is 33.3. The third kappa shape index (κ3) is 2.65. The van der Waals surface area contributed by atoms with Crippen LogP contribution in [0.5, 0.6) is 0 Å². The van der Waals surface area contributed by atoms with Gasteiger partial charge >= 0.3 is 5.69 Å². The van der Waals surface area contributed by atoms with Crippen molar-refractivity contribution in [3.63, 3.8) is 0 Å². The summed E-state index contributed by atoms with van der Waals surface area (Å²) in [5, 5.41) is 1.04. The van der Waals surface area contributed by atoms with Crippen LogP contribution < -0.4 is 5.69 Å². The zero-order valence-electron chi connectivity index (χ0n) is 14.8. The molecule has 2 N–H and O–H groups in total. The smallest absolute Gasteiger partial charge is 0.326 e. The number of benzene rings is 2. The van der Waals surface area contributed by atoms with Crippen molar-refractivity contribution in [2.45, 2.75) is 18.9 Å². The lowest BCUT2D eigenvalue weighted by Crippen LogP contribution is -2.40. The molecular weight excluding hydrogens is 340 g/mol. The molecule has 4 aromatic rings. The Morgan fingerprint density at radius 2 is 1.63 bits per heavy atom. The van der Waals surface area contributed by atoms with Crippen molar-refractivity contribution in [3.8, 4) is 0 Å². The molecule has 0 radical (unpaired) electrons. The molecule has 0 bridgehead atoms. The molecule has 2 aromatic heterocycles. The molecule has 0 aliphatic carbocycles. The van der Waals surface area contributed by atoms with Crippen LogP contribution in [0, 0.1) is 0 Å². The maximum Gasteiger partial charge on any atom is 0.326 e. The second-order valence-electron chi connectivity index (χ2n) is 7.11. The number of carbonyl (C=O) groups excluding carboxylic acids is 1. The highest BCUT2D eigenvalue weighted by atomic mass is 16.2. The second kappa shape index (κ2) is 6.16. The fraction of sp³-hybridized carbons (Fsp3) is 0.238. The van der Waals surface area contributed by atoms with Crippen molar-refractivity contribution in [2.24, 2.45) is 0 Å². The summed E-state index contributed by atoms with van der Waals surface area (Å²) in [5.74, 6) is 0.0240. The molecule has 6 heteroatoms. The molecule has 3 heterocycles. The molecule has 1 aliphatic rings. The van der Waals surface area contributed by atoms with E-state index in [-0.39, 0.29) is 17.6 Å². The molecule has 2 aromatic carbocycles. The van der Waals surface area contributed by atoms with Crippen molar-refractivity contribution in [1.29, 1.82) is 0 Å². The highest BCUT2D eigenvalue weighted by molar-refractivity contribution is 5.98. The average Bonchev–Trinajstić information content (AvgIpc) is 3.27. The first-order chi connectivity index (χ1) is 13.2. The van der Waals surface area contributed by atoms with Crippen LogP contribution in [0.3, 0.4) is 0 Å². The SMILES string of the molecule is O=C(c1cc2ccccc2[nH]1)N1CCC(n2c(=O)[nH]c3ccccc32)CC1. The molecule has 136 valence electrons. The highest BCUT2D eigenvalue weighted by Gasteiger charge is 2.27. The average molecular weight is 360 g/mol. The van der Waals surface area contributed by atoms with Crippen molar-refractivity contribution in [1.82, 2.24) is 19.4 Å². The van der Waals surface area contributed by atoms with Gasteiger partial charge in [-0.2, -0.15) is 0 Å². The predicted molar refractivity (Wildman–Crippen MR) is 105 cm³/mol. The van der Waals surface area contributed by atoms with Crippen LogP contribution in [0.2, 0.25) is 0 Å². The van der Waals surface area contributed by atoms with E-state index in [1.165, 1.54) is 0 Å². The van der Waals surface area contributed by atoms with E-state index in [0.717, 1.165) is 34.8 Å². The first kappa shape index (κ1) is 15.9. The van der Waals surface area contributed by atoms with Gasteiger partial charge in [0, 0.05) is 30.0 Å². The molecule has 6 nitrogen and oxygen atoms in total. The number of nitrogens with one attached hydrogen (secondary N) is 2. The lowest BCUT2D eigenvalue weighted by molar-refractivity contribution is 0.0690. The Morgan fingerprint density at radius 3 is 2.41 bits per heavy atom. The number of imidazole rings is 1. The van der Waals surface area contributed by atoms with Gasteiger partial charge < -0.3 is 14.9 Å². The lowest BCUT2D eigenvalue weighted by Gasteiger charge is -2.32. The minimum Gasteiger partial charge on any atom is -0.351 e. The van der Waals surface area contributed by atoms with E-state index in [0.29, 0.717) is 18.8 Å². The number of hydrogen-bond donors (Lipinski definition) is 2. The number of hydrogen-bond acceptors (Lipinski definition) is 2. The quantitative estimate of drug-likeness (QED) is 0.576. The van der Waals surface area contributed by atoms with Crippen molar-refractivity contribution in [2.75, 3.05) is 13.1 Å². The number of piperidine rings is 1. The number of amides is 1. The summed E-state index contributed by atoms with van der Waals surface area (Å²) in [6.07, 6.45) is 1.54. The van der Waals surface area contributed by atoms with E-state index in [2.05, 4.69) is 9.97 Å². The van der Waals surface area contributed by atoms with Crippen LogP contribution in [0.4, 0.5) is 0 Å². The number of likely N-dealkylation sites (tertiary alicyclic amines) is 1. The summed E-state index contributed by atoms with van der Waals surface area (Å²) in [6, 6.07) is 17.7. The lowest BCUT2D eigenvalue weighted by atomic mass is 10.0. The van der Waals surface area contributed by atoms with E-state index in [9.17, 15) is 9.59 Å². The molecule has 1 amide bonds. The van der Waals surface area contributed by atoms with Crippen LogP contribution in [-0.2, 0) is 0 Å². The fourth-order valence-corrected chi connectivity index (χ4v) is 4.12. The minimum absolute atomic E-state index is 0.0240. The Kier molecular flexibility index (Phi) is 3.63. The summed E-state index contributed by atoms with van der Waals surface area (Å²) in [6.45, 7) is 1.29. The van der Waals surface area contributed by atoms with Gasteiger partial charge in [0.25, 0.3) is 5.91 Å². The van der Waals surface area contributed by atoms with Crippen LogP contribution in [-0.4, -0.2) is 38.4 Å². The molecule has 1 fully saturated rings. The van der Waals surface area contributed by atoms with Gasteiger partial charge in [-0.05, 0) is 37.1 Å². The molecule has 1 aliphatic heterocycles. The Hall–Kier alpha value is -3.28. The molecule has 0 spiro atoms.